The highest BCUT2D eigenvalue weighted by atomic mass is 32.1. The van der Waals surface area contributed by atoms with Gasteiger partial charge in [-0.2, -0.15) is 5.10 Å². The number of aromatic nitrogens is 2. The molecule has 2 aromatic rings. The van der Waals surface area contributed by atoms with Crippen LogP contribution < -0.4 is 5.32 Å². The third-order valence-electron chi connectivity index (χ3n) is 4.27. The monoisotopic (exact) mass is 305 g/mol. The largest absolute Gasteiger partial charge is 0.384 e. The molecule has 0 bridgehead atoms. The zero-order chi connectivity index (χ0) is 15.0. The molecule has 2 aromatic heterocycles. The maximum absolute atomic E-state index is 10.6. The molecule has 2 heterocycles. The van der Waals surface area contributed by atoms with Crippen molar-refractivity contribution in [1.29, 1.82) is 0 Å². The number of nitrogens with one attached hydrogen (secondary N) is 1. The Morgan fingerprint density at radius 2 is 2.33 bits per heavy atom. The summed E-state index contributed by atoms with van der Waals surface area (Å²) in [6.07, 6.45) is 7.36. The number of aryl methyl sites for hydroxylation is 3. The average molecular weight is 305 g/mol. The standard InChI is InChI=1S/C16H23N3OS/c1-11(15-7-12-5-4-6-14(12)21-15)17-10-16(2,20)13-8-18-19(3)9-13/h7-9,11,17,20H,4-6,10H2,1-3H3/t11-,16-/m1/s1. The van der Waals surface area contributed by atoms with Crippen LogP contribution in [0.1, 0.15) is 47.2 Å². The Hall–Kier alpha value is -1.17. The summed E-state index contributed by atoms with van der Waals surface area (Å²) in [5.74, 6) is 0. The van der Waals surface area contributed by atoms with E-state index < -0.39 is 5.60 Å². The van der Waals surface area contributed by atoms with Gasteiger partial charge in [0.2, 0.25) is 0 Å². The molecule has 0 amide bonds. The Morgan fingerprint density at radius 1 is 1.52 bits per heavy atom. The quantitative estimate of drug-likeness (QED) is 0.892. The van der Waals surface area contributed by atoms with Gasteiger partial charge in [0, 0.05) is 41.1 Å². The fourth-order valence-electron chi connectivity index (χ4n) is 2.82. The van der Waals surface area contributed by atoms with E-state index in [9.17, 15) is 5.11 Å². The lowest BCUT2D eigenvalue weighted by atomic mass is 9.99. The molecule has 5 heteroatoms. The van der Waals surface area contributed by atoms with Crippen molar-refractivity contribution in [2.24, 2.45) is 7.05 Å². The first-order valence-corrected chi connectivity index (χ1v) is 8.34. The fourth-order valence-corrected chi connectivity index (χ4v) is 4.10. The first-order chi connectivity index (χ1) is 9.95. The second kappa shape index (κ2) is 5.55. The van der Waals surface area contributed by atoms with Gasteiger partial charge in [0.15, 0.2) is 0 Å². The molecule has 0 fully saturated rings. The predicted octanol–water partition coefficient (Wildman–Crippen LogP) is 2.53. The lowest BCUT2D eigenvalue weighted by molar-refractivity contribution is 0.0544. The summed E-state index contributed by atoms with van der Waals surface area (Å²) in [4.78, 5) is 2.93. The Kier molecular flexibility index (Phi) is 3.90. The van der Waals surface area contributed by atoms with Gasteiger partial charge in [0.25, 0.3) is 0 Å². The highest BCUT2D eigenvalue weighted by molar-refractivity contribution is 7.12. The summed E-state index contributed by atoms with van der Waals surface area (Å²) < 4.78 is 1.72. The van der Waals surface area contributed by atoms with Crippen molar-refractivity contribution in [3.05, 3.63) is 39.3 Å². The SMILES string of the molecule is C[C@@H](NC[C@@](C)(O)c1cnn(C)c1)c1cc2c(s1)CCC2. The normalized spacial score (nSPS) is 18.5. The van der Waals surface area contributed by atoms with E-state index in [0.717, 1.165) is 5.56 Å². The van der Waals surface area contributed by atoms with E-state index >= 15 is 0 Å². The molecule has 0 saturated heterocycles. The summed E-state index contributed by atoms with van der Waals surface area (Å²) in [5, 5.41) is 18.2. The predicted molar refractivity (Wildman–Crippen MR) is 85.5 cm³/mol. The number of nitrogens with zero attached hydrogens (tertiary/aromatic N) is 2. The van der Waals surface area contributed by atoms with Crippen LogP contribution in [-0.2, 0) is 25.5 Å². The van der Waals surface area contributed by atoms with Gasteiger partial charge in [-0.1, -0.05) is 0 Å². The van der Waals surface area contributed by atoms with Crippen molar-refractivity contribution in [3.63, 3.8) is 0 Å². The maximum atomic E-state index is 10.6. The molecule has 2 N–H and O–H groups in total. The third kappa shape index (κ3) is 3.05. The summed E-state index contributed by atoms with van der Waals surface area (Å²) >= 11 is 1.92. The van der Waals surface area contributed by atoms with Crippen LogP contribution in [0.3, 0.4) is 0 Å². The van der Waals surface area contributed by atoms with Crippen LogP contribution >= 0.6 is 11.3 Å². The molecule has 0 aromatic carbocycles. The summed E-state index contributed by atoms with van der Waals surface area (Å²) in [6.45, 7) is 4.51. The minimum absolute atomic E-state index is 0.267. The van der Waals surface area contributed by atoms with Crippen LogP contribution in [0, 0.1) is 0 Å². The lowest BCUT2D eigenvalue weighted by Gasteiger charge is -2.24. The fraction of sp³-hybridized carbons (Fsp3) is 0.562. The Bertz CT molecular complexity index is 608. The smallest absolute Gasteiger partial charge is 0.102 e. The molecule has 114 valence electrons. The molecule has 1 aliphatic rings. The van der Waals surface area contributed by atoms with E-state index in [2.05, 4.69) is 23.4 Å². The van der Waals surface area contributed by atoms with Crippen LogP contribution in [0.15, 0.2) is 18.5 Å². The van der Waals surface area contributed by atoms with Gasteiger partial charge in [0.1, 0.15) is 5.60 Å². The lowest BCUT2D eigenvalue weighted by Crippen LogP contribution is -2.36. The highest BCUT2D eigenvalue weighted by Gasteiger charge is 2.26. The average Bonchev–Trinajstić information content (AvgIpc) is 3.10. The number of fused-ring (bicyclic) bond motifs is 1. The molecule has 21 heavy (non-hydrogen) atoms. The highest BCUT2D eigenvalue weighted by Crippen LogP contribution is 2.33. The Labute approximate surface area is 129 Å². The van der Waals surface area contributed by atoms with E-state index in [0.29, 0.717) is 6.54 Å². The molecule has 0 radical (unpaired) electrons. The summed E-state index contributed by atoms with van der Waals surface area (Å²) in [5.41, 5.74) is 1.48. The van der Waals surface area contributed by atoms with Crippen LogP contribution in [0.25, 0.3) is 0 Å². The van der Waals surface area contributed by atoms with Crippen LogP contribution in [0.5, 0.6) is 0 Å². The van der Waals surface area contributed by atoms with Crippen molar-refractivity contribution < 1.29 is 5.11 Å². The summed E-state index contributed by atoms with van der Waals surface area (Å²) in [6, 6.07) is 2.60. The van der Waals surface area contributed by atoms with E-state index in [4.69, 9.17) is 0 Å². The second-order valence-corrected chi connectivity index (χ2v) is 7.40. The molecule has 0 unspecified atom stereocenters. The van der Waals surface area contributed by atoms with Gasteiger partial charge in [-0.15, -0.1) is 11.3 Å². The van der Waals surface area contributed by atoms with Crippen molar-refractivity contribution in [2.45, 2.75) is 44.8 Å². The molecule has 0 spiro atoms. The van der Waals surface area contributed by atoms with E-state index in [1.807, 2.05) is 31.5 Å². The molecule has 0 aliphatic heterocycles. The van der Waals surface area contributed by atoms with E-state index in [1.54, 1.807) is 15.8 Å². The Balaban J connectivity index is 1.63. The molecule has 0 saturated carbocycles. The number of thiophene rings is 1. The Morgan fingerprint density at radius 3 is 3.00 bits per heavy atom. The van der Waals surface area contributed by atoms with Gasteiger partial charge >= 0.3 is 0 Å². The van der Waals surface area contributed by atoms with Gasteiger partial charge in [-0.05, 0) is 44.7 Å². The molecular formula is C16H23N3OS. The molecule has 1 aliphatic carbocycles. The first kappa shape index (κ1) is 14.8. The van der Waals surface area contributed by atoms with Gasteiger partial charge < -0.3 is 10.4 Å². The zero-order valence-corrected chi connectivity index (χ0v) is 13.7. The topological polar surface area (TPSA) is 50.1 Å². The number of hydrogen-bond acceptors (Lipinski definition) is 4. The van der Waals surface area contributed by atoms with E-state index in [-0.39, 0.29) is 6.04 Å². The minimum atomic E-state index is -0.900. The first-order valence-electron chi connectivity index (χ1n) is 7.52. The van der Waals surface area contributed by atoms with Crippen LogP contribution in [0.4, 0.5) is 0 Å². The molecular weight excluding hydrogens is 282 g/mol. The summed E-state index contributed by atoms with van der Waals surface area (Å²) in [7, 11) is 1.86. The van der Waals surface area contributed by atoms with Gasteiger partial charge in [0.05, 0.1) is 6.20 Å². The number of hydrogen-bond donors (Lipinski definition) is 2. The van der Waals surface area contributed by atoms with Crippen molar-refractivity contribution >= 4 is 11.3 Å². The van der Waals surface area contributed by atoms with Crippen molar-refractivity contribution in [1.82, 2.24) is 15.1 Å². The van der Waals surface area contributed by atoms with Crippen molar-refractivity contribution in [3.8, 4) is 0 Å². The molecule has 3 rings (SSSR count). The van der Waals surface area contributed by atoms with Crippen LogP contribution in [0.2, 0.25) is 0 Å². The van der Waals surface area contributed by atoms with Gasteiger partial charge in [-0.25, -0.2) is 0 Å². The number of aliphatic hydroxyl groups is 1. The van der Waals surface area contributed by atoms with Gasteiger partial charge in [-0.3, -0.25) is 4.68 Å². The number of rotatable bonds is 5. The maximum Gasteiger partial charge on any atom is 0.102 e. The second-order valence-electron chi connectivity index (χ2n) is 6.23. The molecule has 4 nitrogen and oxygen atoms in total. The molecule has 2 atom stereocenters. The minimum Gasteiger partial charge on any atom is -0.384 e. The third-order valence-corrected chi connectivity index (χ3v) is 5.69. The van der Waals surface area contributed by atoms with E-state index in [1.165, 1.54) is 29.7 Å². The van der Waals surface area contributed by atoms with Crippen molar-refractivity contribution in [2.75, 3.05) is 6.54 Å². The van der Waals surface area contributed by atoms with Crippen LogP contribution in [-0.4, -0.2) is 21.4 Å². The zero-order valence-electron chi connectivity index (χ0n) is 12.9.